The second kappa shape index (κ2) is 4.97. The minimum absolute atomic E-state index is 0.0676. The smallest absolute Gasteiger partial charge is 0.181 e. The number of nitrogens with zero attached hydrogens (tertiary/aromatic N) is 2. The highest BCUT2D eigenvalue weighted by Gasteiger charge is 2.36. The molecular weight excluding hydrogens is 248 g/mol. The van der Waals surface area contributed by atoms with Crippen LogP contribution in [0.3, 0.4) is 0 Å². The van der Waals surface area contributed by atoms with Crippen molar-refractivity contribution >= 4 is 5.78 Å². The maximum absolute atomic E-state index is 12.7. The van der Waals surface area contributed by atoms with Gasteiger partial charge in [-0.1, -0.05) is 45.0 Å². The fourth-order valence-electron chi connectivity index (χ4n) is 3.19. The summed E-state index contributed by atoms with van der Waals surface area (Å²) in [5.74, 6) is 0.287. The third-order valence-corrected chi connectivity index (χ3v) is 4.62. The molecule has 1 atom stereocenters. The molecule has 1 unspecified atom stereocenters. The Bertz CT molecular complexity index is 493. The molecule has 108 valence electrons. The fourth-order valence-corrected chi connectivity index (χ4v) is 3.19. The standard InChI is InChI=1S/C17H24N2O/c1-17(2,3)14-6-4-13(5-7-14)16(20)15-12-18-8-10-19(15)11-9-18/h4-7,15H,8-12H2,1-3H3. The number of benzene rings is 1. The Balaban J connectivity index is 1.77. The molecule has 0 N–H and O–H groups in total. The van der Waals surface area contributed by atoms with Gasteiger partial charge in [-0.25, -0.2) is 0 Å². The lowest BCUT2D eigenvalue weighted by atomic mass is 9.86. The summed E-state index contributed by atoms with van der Waals surface area (Å²) in [5.41, 5.74) is 2.28. The van der Waals surface area contributed by atoms with E-state index in [0.717, 1.165) is 38.3 Å². The van der Waals surface area contributed by atoms with Gasteiger partial charge >= 0.3 is 0 Å². The number of fused-ring (bicyclic) bond motifs is 3. The lowest BCUT2D eigenvalue weighted by molar-refractivity contribution is 0.0159. The van der Waals surface area contributed by atoms with Crippen LogP contribution in [-0.4, -0.2) is 54.3 Å². The molecule has 0 aliphatic carbocycles. The van der Waals surface area contributed by atoms with Crippen LogP contribution >= 0.6 is 0 Å². The van der Waals surface area contributed by atoms with E-state index in [2.05, 4.69) is 42.7 Å². The zero-order valence-corrected chi connectivity index (χ0v) is 12.7. The molecule has 0 aromatic heterocycles. The lowest BCUT2D eigenvalue weighted by Crippen LogP contribution is -2.63. The summed E-state index contributed by atoms with van der Waals surface area (Å²) < 4.78 is 0. The summed E-state index contributed by atoms with van der Waals surface area (Å²) in [6, 6.07) is 8.27. The SMILES string of the molecule is CC(C)(C)c1ccc(C(=O)C2CN3CCN2CC3)cc1. The van der Waals surface area contributed by atoms with Gasteiger partial charge in [0.1, 0.15) is 0 Å². The fraction of sp³-hybridized carbons (Fsp3) is 0.588. The van der Waals surface area contributed by atoms with Crippen molar-refractivity contribution in [2.75, 3.05) is 32.7 Å². The van der Waals surface area contributed by atoms with E-state index in [9.17, 15) is 4.79 Å². The summed E-state index contributed by atoms with van der Waals surface area (Å²) >= 11 is 0. The zero-order valence-electron chi connectivity index (χ0n) is 12.7. The Morgan fingerprint density at radius 3 is 2.10 bits per heavy atom. The molecule has 3 fully saturated rings. The third kappa shape index (κ3) is 2.52. The number of hydrogen-bond donors (Lipinski definition) is 0. The number of Topliss-reactive ketones (excluding diaryl/α,β-unsaturated/α-hetero) is 1. The van der Waals surface area contributed by atoms with Crippen molar-refractivity contribution in [2.45, 2.75) is 32.2 Å². The average molecular weight is 272 g/mol. The van der Waals surface area contributed by atoms with E-state index < -0.39 is 0 Å². The normalized spacial score (nSPS) is 29.4. The molecule has 1 aromatic rings. The van der Waals surface area contributed by atoms with Crippen molar-refractivity contribution in [3.8, 4) is 0 Å². The highest BCUT2D eigenvalue weighted by Crippen LogP contribution is 2.24. The van der Waals surface area contributed by atoms with Gasteiger partial charge in [-0.2, -0.15) is 0 Å². The number of ketones is 1. The summed E-state index contributed by atoms with van der Waals surface area (Å²) in [6.07, 6.45) is 0. The van der Waals surface area contributed by atoms with E-state index in [1.54, 1.807) is 0 Å². The summed E-state index contributed by atoms with van der Waals surface area (Å²) in [4.78, 5) is 17.4. The van der Waals surface area contributed by atoms with Crippen molar-refractivity contribution in [2.24, 2.45) is 0 Å². The minimum atomic E-state index is 0.0676. The maximum Gasteiger partial charge on any atom is 0.181 e. The number of piperazine rings is 3. The van der Waals surface area contributed by atoms with Gasteiger partial charge in [-0.05, 0) is 11.0 Å². The van der Waals surface area contributed by atoms with Gasteiger partial charge in [-0.3, -0.25) is 14.6 Å². The van der Waals surface area contributed by atoms with Crippen LogP contribution < -0.4 is 0 Å². The van der Waals surface area contributed by atoms with E-state index >= 15 is 0 Å². The van der Waals surface area contributed by atoms with E-state index in [0.29, 0.717) is 0 Å². The van der Waals surface area contributed by atoms with E-state index in [1.165, 1.54) is 5.56 Å². The molecule has 0 spiro atoms. The molecule has 0 radical (unpaired) electrons. The van der Waals surface area contributed by atoms with Crippen LogP contribution in [0.25, 0.3) is 0 Å². The van der Waals surface area contributed by atoms with Crippen molar-refractivity contribution in [1.82, 2.24) is 9.80 Å². The Kier molecular flexibility index (Phi) is 3.43. The summed E-state index contributed by atoms with van der Waals surface area (Å²) in [7, 11) is 0. The van der Waals surface area contributed by atoms with Crippen LogP contribution in [0.2, 0.25) is 0 Å². The van der Waals surface area contributed by atoms with Gasteiger partial charge in [0.25, 0.3) is 0 Å². The molecule has 0 amide bonds. The Morgan fingerprint density at radius 1 is 1.05 bits per heavy atom. The van der Waals surface area contributed by atoms with Crippen LogP contribution in [0.5, 0.6) is 0 Å². The highest BCUT2D eigenvalue weighted by molar-refractivity contribution is 6.00. The first-order chi connectivity index (χ1) is 9.45. The Hall–Kier alpha value is -1.19. The lowest BCUT2D eigenvalue weighted by Gasteiger charge is -2.46. The summed E-state index contributed by atoms with van der Waals surface area (Å²) in [5, 5.41) is 0. The first-order valence-corrected chi connectivity index (χ1v) is 7.56. The van der Waals surface area contributed by atoms with E-state index in [-0.39, 0.29) is 17.2 Å². The molecular formula is C17H24N2O. The van der Waals surface area contributed by atoms with Crippen molar-refractivity contribution in [3.05, 3.63) is 35.4 Å². The predicted octanol–water partition coefficient (Wildman–Crippen LogP) is 2.17. The maximum atomic E-state index is 12.7. The third-order valence-electron chi connectivity index (χ3n) is 4.62. The quantitative estimate of drug-likeness (QED) is 0.771. The van der Waals surface area contributed by atoms with Crippen LogP contribution in [0.15, 0.2) is 24.3 Å². The molecule has 3 heterocycles. The molecule has 4 rings (SSSR count). The molecule has 1 aromatic carbocycles. The monoisotopic (exact) mass is 272 g/mol. The summed E-state index contributed by atoms with van der Waals surface area (Å²) in [6.45, 7) is 11.8. The van der Waals surface area contributed by atoms with Gasteiger partial charge in [0, 0.05) is 38.3 Å². The predicted molar refractivity (Wildman–Crippen MR) is 81.3 cm³/mol. The van der Waals surface area contributed by atoms with Crippen LogP contribution in [0, 0.1) is 0 Å². The van der Waals surface area contributed by atoms with Crippen molar-refractivity contribution in [3.63, 3.8) is 0 Å². The molecule has 3 aliphatic heterocycles. The average Bonchev–Trinajstić information content (AvgIpc) is 2.47. The first kappa shape index (κ1) is 13.8. The van der Waals surface area contributed by atoms with Gasteiger partial charge in [0.05, 0.1) is 6.04 Å². The second-order valence-electron chi connectivity index (χ2n) is 7.04. The number of rotatable bonds is 2. The van der Waals surface area contributed by atoms with E-state index in [1.807, 2.05) is 12.1 Å². The molecule has 3 saturated heterocycles. The molecule has 0 saturated carbocycles. The first-order valence-electron chi connectivity index (χ1n) is 7.56. The van der Waals surface area contributed by atoms with Crippen molar-refractivity contribution in [1.29, 1.82) is 0 Å². The van der Waals surface area contributed by atoms with Crippen LogP contribution in [-0.2, 0) is 5.41 Å². The van der Waals surface area contributed by atoms with Crippen molar-refractivity contribution < 1.29 is 4.79 Å². The number of carbonyl (C=O) groups excluding carboxylic acids is 1. The van der Waals surface area contributed by atoms with Crippen LogP contribution in [0.4, 0.5) is 0 Å². The number of hydrogen-bond acceptors (Lipinski definition) is 3. The second-order valence-corrected chi connectivity index (χ2v) is 7.04. The molecule has 3 nitrogen and oxygen atoms in total. The van der Waals surface area contributed by atoms with Crippen LogP contribution in [0.1, 0.15) is 36.7 Å². The minimum Gasteiger partial charge on any atom is -0.299 e. The van der Waals surface area contributed by atoms with Gasteiger partial charge in [0.15, 0.2) is 5.78 Å². The Labute approximate surface area is 121 Å². The molecule has 3 aliphatic rings. The molecule has 3 heteroatoms. The Morgan fingerprint density at radius 2 is 1.65 bits per heavy atom. The van der Waals surface area contributed by atoms with Gasteiger partial charge in [0.2, 0.25) is 0 Å². The van der Waals surface area contributed by atoms with E-state index in [4.69, 9.17) is 0 Å². The zero-order chi connectivity index (χ0) is 14.3. The molecule has 20 heavy (non-hydrogen) atoms. The van der Waals surface area contributed by atoms with Gasteiger partial charge in [-0.15, -0.1) is 0 Å². The topological polar surface area (TPSA) is 23.6 Å². The van der Waals surface area contributed by atoms with Gasteiger partial charge < -0.3 is 0 Å². The number of carbonyl (C=O) groups is 1. The molecule has 2 bridgehead atoms. The highest BCUT2D eigenvalue weighted by atomic mass is 16.1. The largest absolute Gasteiger partial charge is 0.299 e.